The summed E-state index contributed by atoms with van der Waals surface area (Å²) in [5.74, 6) is 0.328. The van der Waals surface area contributed by atoms with Crippen molar-refractivity contribution in [2.75, 3.05) is 0 Å². The molecule has 11 heavy (non-hydrogen) atoms. The highest BCUT2D eigenvalue weighted by atomic mass is 16.3. The molecule has 0 spiro atoms. The highest BCUT2D eigenvalue weighted by Gasteiger charge is 1.96. The van der Waals surface area contributed by atoms with Crippen LogP contribution in [0.5, 0.6) is 0 Å². The summed E-state index contributed by atoms with van der Waals surface area (Å²) in [5, 5.41) is 8.65. The molecule has 2 N–H and O–H groups in total. The first-order chi connectivity index (χ1) is 5.26. The number of aromatic nitrogens is 2. The fourth-order valence-corrected chi connectivity index (χ4v) is 0.819. The number of aliphatic hydroxyl groups is 1. The van der Waals surface area contributed by atoms with Crippen LogP contribution in [0, 0.1) is 0 Å². The van der Waals surface area contributed by atoms with Gasteiger partial charge in [-0.2, -0.15) is 0 Å². The lowest BCUT2D eigenvalue weighted by Gasteiger charge is -1.97. The summed E-state index contributed by atoms with van der Waals surface area (Å²) < 4.78 is 0. The van der Waals surface area contributed by atoms with E-state index in [2.05, 4.69) is 9.97 Å². The molecule has 0 aliphatic rings. The van der Waals surface area contributed by atoms with E-state index in [0.717, 1.165) is 0 Å². The van der Waals surface area contributed by atoms with Gasteiger partial charge >= 0.3 is 0 Å². The maximum atomic E-state index is 10.8. The molecular formula is C7H10N2O2. The van der Waals surface area contributed by atoms with Crippen LogP contribution < -0.4 is 5.56 Å². The van der Waals surface area contributed by atoms with E-state index in [4.69, 9.17) is 5.11 Å². The van der Waals surface area contributed by atoms with Gasteiger partial charge in [0.15, 0.2) is 0 Å². The quantitative estimate of drug-likeness (QED) is 0.621. The van der Waals surface area contributed by atoms with Crippen LogP contribution in [0.15, 0.2) is 10.9 Å². The van der Waals surface area contributed by atoms with Crippen LogP contribution in [0.25, 0.3) is 0 Å². The van der Waals surface area contributed by atoms with Gasteiger partial charge in [0.25, 0.3) is 5.56 Å². The van der Waals surface area contributed by atoms with Gasteiger partial charge in [0.05, 0.1) is 0 Å². The van der Waals surface area contributed by atoms with E-state index >= 15 is 0 Å². The van der Waals surface area contributed by atoms with Crippen LogP contribution in [0.2, 0.25) is 0 Å². The Balaban J connectivity index is 3.12. The monoisotopic (exact) mass is 154 g/mol. The molecule has 0 bridgehead atoms. The van der Waals surface area contributed by atoms with Crippen molar-refractivity contribution in [3.8, 4) is 0 Å². The Bertz CT molecular complexity index is 267. The molecule has 1 rings (SSSR count). The summed E-state index contributed by atoms with van der Waals surface area (Å²) in [4.78, 5) is 17.2. The fraction of sp³-hybridized carbons (Fsp3) is 0.429. The molecule has 4 heteroatoms. The van der Waals surface area contributed by atoms with E-state index in [1.807, 2.05) is 6.92 Å². The lowest BCUT2D eigenvalue weighted by atomic mass is 10.3. The minimum absolute atomic E-state index is 0.207. The number of aromatic amines is 1. The van der Waals surface area contributed by atoms with E-state index in [0.29, 0.717) is 17.9 Å². The Morgan fingerprint density at radius 1 is 1.73 bits per heavy atom. The molecule has 0 unspecified atom stereocenters. The van der Waals surface area contributed by atoms with Crippen molar-refractivity contribution in [1.82, 2.24) is 9.97 Å². The highest BCUT2D eigenvalue weighted by Crippen LogP contribution is 1.91. The zero-order chi connectivity index (χ0) is 8.27. The topological polar surface area (TPSA) is 66.0 Å². The standard InChI is InChI=1S/C7H10N2O2/c1-2-5-3-7(11)9-6(4-10)8-5/h3,10H,2,4H2,1H3,(H,8,9,11). The second-order valence-corrected chi connectivity index (χ2v) is 2.20. The van der Waals surface area contributed by atoms with Crippen molar-refractivity contribution in [2.24, 2.45) is 0 Å². The van der Waals surface area contributed by atoms with Crippen molar-refractivity contribution >= 4 is 0 Å². The van der Waals surface area contributed by atoms with Crippen molar-refractivity contribution in [3.63, 3.8) is 0 Å². The third kappa shape index (κ3) is 1.88. The second kappa shape index (κ2) is 3.30. The SMILES string of the molecule is CCc1cc(=O)[nH]c(CO)n1. The molecule has 0 radical (unpaired) electrons. The van der Waals surface area contributed by atoms with E-state index in [1.165, 1.54) is 6.07 Å². The Kier molecular flexibility index (Phi) is 2.38. The normalized spacial score (nSPS) is 10.0. The van der Waals surface area contributed by atoms with Crippen molar-refractivity contribution in [2.45, 2.75) is 20.0 Å². The molecule has 1 aromatic heterocycles. The first kappa shape index (κ1) is 7.94. The Labute approximate surface area is 63.9 Å². The average Bonchev–Trinajstić information content (AvgIpc) is 2.03. The molecule has 0 aliphatic carbocycles. The summed E-state index contributed by atoms with van der Waals surface area (Å²) in [6.07, 6.45) is 0.705. The molecule has 60 valence electrons. The van der Waals surface area contributed by atoms with E-state index < -0.39 is 0 Å². The fourth-order valence-electron chi connectivity index (χ4n) is 0.819. The average molecular weight is 154 g/mol. The molecule has 0 saturated carbocycles. The minimum atomic E-state index is -0.219. The number of hydrogen-bond donors (Lipinski definition) is 2. The number of nitrogens with one attached hydrogen (secondary N) is 1. The smallest absolute Gasteiger partial charge is 0.251 e. The number of hydrogen-bond acceptors (Lipinski definition) is 3. The van der Waals surface area contributed by atoms with E-state index in [1.54, 1.807) is 0 Å². The van der Waals surface area contributed by atoms with Gasteiger partial charge in [-0.3, -0.25) is 4.79 Å². The Morgan fingerprint density at radius 3 is 3.00 bits per heavy atom. The molecule has 1 heterocycles. The van der Waals surface area contributed by atoms with Crippen molar-refractivity contribution in [1.29, 1.82) is 0 Å². The van der Waals surface area contributed by atoms with E-state index in [9.17, 15) is 4.79 Å². The summed E-state index contributed by atoms with van der Waals surface area (Å²) >= 11 is 0. The molecule has 0 fully saturated rings. The predicted octanol–water partition coefficient (Wildman–Crippen LogP) is -0.175. The number of rotatable bonds is 2. The van der Waals surface area contributed by atoms with Crippen LogP contribution in [0.4, 0.5) is 0 Å². The minimum Gasteiger partial charge on any atom is -0.388 e. The zero-order valence-corrected chi connectivity index (χ0v) is 6.29. The third-order valence-corrected chi connectivity index (χ3v) is 1.36. The Hall–Kier alpha value is -1.16. The number of H-pyrrole nitrogens is 1. The molecule has 0 atom stereocenters. The van der Waals surface area contributed by atoms with Crippen LogP contribution in [0.1, 0.15) is 18.4 Å². The second-order valence-electron chi connectivity index (χ2n) is 2.20. The van der Waals surface area contributed by atoms with Gasteiger partial charge < -0.3 is 10.1 Å². The maximum absolute atomic E-state index is 10.8. The number of aliphatic hydroxyl groups excluding tert-OH is 1. The molecule has 0 aromatic carbocycles. The van der Waals surface area contributed by atoms with Gasteiger partial charge in [-0.1, -0.05) is 6.92 Å². The van der Waals surface area contributed by atoms with Crippen molar-refractivity contribution < 1.29 is 5.11 Å². The summed E-state index contributed by atoms with van der Waals surface area (Å²) in [7, 11) is 0. The predicted molar refractivity (Wildman–Crippen MR) is 40.2 cm³/mol. The molecule has 0 aliphatic heterocycles. The van der Waals surface area contributed by atoms with Crippen LogP contribution in [-0.2, 0) is 13.0 Å². The van der Waals surface area contributed by atoms with Crippen LogP contribution >= 0.6 is 0 Å². The van der Waals surface area contributed by atoms with E-state index in [-0.39, 0.29) is 12.2 Å². The molecule has 0 amide bonds. The molecule has 1 aromatic rings. The highest BCUT2D eigenvalue weighted by molar-refractivity contribution is 5.01. The number of aryl methyl sites for hydroxylation is 1. The van der Waals surface area contributed by atoms with Crippen molar-refractivity contribution in [3.05, 3.63) is 27.9 Å². The summed E-state index contributed by atoms with van der Waals surface area (Å²) in [6.45, 7) is 1.69. The number of nitrogens with zero attached hydrogens (tertiary/aromatic N) is 1. The molecule has 0 saturated heterocycles. The largest absolute Gasteiger partial charge is 0.388 e. The van der Waals surface area contributed by atoms with Gasteiger partial charge in [0.1, 0.15) is 12.4 Å². The van der Waals surface area contributed by atoms with Crippen LogP contribution in [-0.4, -0.2) is 15.1 Å². The summed E-state index contributed by atoms with van der Waals surface area (Å²) in [5.41, 5.74) is 0.499. The summed E-state index contributed by atoms with van der Waals surface area (Å²) in [6, 6.07) is 1.43. The van der Waals surface area contributed by atoms with Gasteiger partial charge in [0, 0.05) is 11.8 Å². The van der Waals surface area contributed by atoms with Crippen LogP contribution in [0.3, 0.4) is 0 Å². The van der Waals surface area contributed by atoms with Gasteiger partial charge in [-0.05, 0) is 6.42 Å². The zero-order valence-electron chi connectivity index (χ0n) is 6.29. The maximum Gasteiger partial charge on any atom is 0.251 e. The lowest BCUT2D eigenvalue weighted by molar-refractivity contribution is 0.270. The first-order valence-corrected chi connectivity index (χ1v) is 3.46. The van der Waals surface area contributed by atoms with Gasteiger partial charge in [0.2, 0.25) is 0 Å². The molecule has 4 nitrogen and oxygen atoms in total. The lowest BCUT2D eigenvalue weighted by Crippen LogP contribution is -2.12. The van der Waals surface area contributed by atoms with Gasteiger partial charge in [-0.25, -0.2) is 4.98 Å². The first-order valence-electron chi connectivity index (χ1n) is 3.46. The molecular weight excluding hydrogens is 144 g/mol. The Morgan fingerprint density at radius 2 is 2.45 bits per heavy atom. The van der Waals surface area contributed by atoms with Gasteiger partial charge in [-0.15, -0.1) is 0 Å². The third-order valence-electron chi connectivity index (χ3n) is 1.36.